The van der Waals surface area contributed by atoms with E-state index in [1.807, 2.05) is 18.2 Å². The summed E-state index contributed by atoms with van der Waals surface area (Å²) in [5.41, 5.74) is 2.57. The van der Waals surface area contributed by atoms with Crippen LogP contribution in [0.25, 0.3) is 0 Å². The van der Waals surface area contributed by atoms with Crippen molar-refractivity contribution >= 4 is 21.5 Å². The minimum absolute atomic E-state index is 0.145. The van der Waals surface area contributed by atoms with Crippen LogP contribution in [0.2, 0.25) is 0 Å². The average Bonchev–Trinajstić information content (AvgIpc) is 2.94. The first-order valence-corrected chi connectivity index (χ1v) is 9.08. The normalized spacial score (nSPS) is 11.3. The number of nitrogens with one attached hydrogen (secondary N) is 3. The summed E-state index contributed by atoms with van der Waals surface area (Å²) in [4.78, 5) is 8.51. The molecule has 0 amide bonds. The number of H-pyrrole nitrogens is 1. The van der Waals surface area contributed by atoms with E-state index < -0.39 is 10.0 Å². The van der Waals surface area contributed by atoms with Crippen molar-refractivity contribution in [3.8, 4) is 0 Å². The number of hydrogen-bond donors (Lipinski definition) is 3. The van der Waals surface area contributed by atoms with Crippen LogP contribution in [-0.2, 0) is 16.6 Å². The van der Waals surface area contributed by atoms with E-state index in [1.165, 1.54) is 0 Å². The zero-order chi connectivity index (χ0) is 17.9. The topological polar surface area (TPSA) is 113 Å². The molecule has 3 rings (SSSR count). The lowest BCUT2D eigenvalue weighted by Gasteiger charge is -2.09. The number of sulfonamides is 1. The SMILES string of the molecule is Cc1n[nH]c(C)c1S(=O)(=O)Nc1ccc(NCc2ccccn2)cn1. The molecule has 0 aliphatic carbocycles. The molecular formula is C16H18N6O2S. The van der Waals surface area contributed by atoms with E-state index in [2.05, 4.69) is 30.2 Å². The zero-order valence-electron chi connectivity index (χ0n) is 13.8. The van der Waals surface area contributed by atoms with Crippen molar-refractivity contribution in [2.24, 2.45) is 0 Å². The molecule has 0 fully saturated rings. The lowest BCUT2D eigenvalue weighted by atomic mass is 10.3. The summed E-state index contributed by atoms with van der Waals surface area (Å²) in [6.45, 7) is 3.85. The number of rotatable bonds is 6. The second-order valence-electron chi connectivity index (χ2n) is 5.48. The van der Waals surface area contributed by atoms with Gasteiger partial charge in [-0.15, -0.1) is 0 Å². The summed E-state index contributed by atoms with van der Waals surface area (Å²) in [6, 6.07) is 9.04. The molecule has 8 nitrogen and oxygen atoms in total. The van der Waals surface area contributed by atoms with E-state index >= 15 is 0 Å². The molecule has 0 saturated heterocycles. The molecule has 0 aliphatic heterocycles. The lowest BCUT2D eigenvalue weighted by molar-refractivity contribution is 0.600. The molecule has 0 aliphatic rings. The van der Waals surface area contributed by atoms with Crippen LogP contribution < -0.4 is 10.0 Å². The zero-order valence-corrected chi connectivity index (χ0v) is 14.6. The Morgan fingerprint density at radius 2 is 1.96 bits per heavy atom. The maximum atomic E-state index is 12.5. The van der Waals surface area contributed by atoms with Crippen LogP contribution in [0, 0.1) is 13.8 Å². The van der Waals surface area contributed by atoms with Crippen molar-refractivity contribution < 1.29 is 8.42 Å². The van der Waals surface area contributed by atoms with Gasteiger partial charge in [-0.05, 0) is 38.1 Å². The number of aromatic nitrogens is 4. The standard InChI is InChI=1S/C16H18N6O2S/c1-11-16(12(2)21-20-11)25(23,24)22-15-7-6-14(10-19-15)18-9-13-5-3-4-8-17-13/h3-8,10,18H,9H2,1-2H3,(H,19,22)(H,20,21). The van der Waals surface area contributed by atoms with Crippen molar-refractivity contribution in [1.29, 1.82) is 0 Å². The van der Waals surface area contributed by atoms with Gasteiger partial charge < -0.3 is 5.32 Å². The molecule has 3 N–H and O–H groups in total. The predicted molar refractivity (Wildman–Crippen MR) is 94.7 cm³/mol. The molecule has 0 unspecified atom stereocenters. The quantitative estimate of drug-likeness (QED) is 0.623. The Hall–Kier alpha value is -2.94. The molecule has 0 radical (unpaired) electrons. The fourth-order valence-electron chi connectivity index (χ4n) is 2.38. The summed E-state index contributed by atoms with van der Waals surface area (Å²) in [5, 5.41) is 9.76. The average molecular weight is 358 g/mol. The maximum absolute atomic E-state index is 12.5. The Morgan fingerprint density at radius 3 is 2.56 bits per heavy atom. The molecule has 25 heavy (non-hydrogen) atoms. The van der Waals surface area contributed by atoms with Crippen LogP contribution in [0.5, 0.6) is 0 Å². The fourth-order valence-corrected chi connectivity index (χ4v) is 3.76. The van der Waals surface area contributed by atoms with Crippen LogP contribution in [0.3, 0.4) is 0 Å². The third-order valence-electron chi connectivity index (χ3n) is 3.53. The van der Waals surface area contributed by atoms with Gasteiger partial charge in [0.1, 0.15) is 10.7 Å². The van der Waals surface area contributed by atoms with Gasteiger partial charge in [0.25, 0.3) is 10.0 Å². The van der Waals surface area contributed by atoms with Crippen LogP contribution in [0.15, 0.2) is 47.6 Å². The van der Waals surface area contributed by atoms with Gasteiger partial charge in [-0.25, -0.2) is 13.4 Å². The van der Waals surface area contributed by atoms with E-state index in [9.17, 15) is 8.42 Å². The van der Waals surface area contributed by atoms with Crippen molar-refractivity contribution in [3.05, 3.63) is 59.8 Å². The van der Waals surface area contributed by atoms with Crippen LogP contribution >= 0.6 is 0 Å². The highest BCUT2D eigenvalue weighted by molar-refractivity contribution is 7.92. The molecule has 0 atom stereocenters. The molecule has 3 aromatic heterocycles. The van der Waals surface area contributed by atoms with Crippen molar-refractivity contribution in [2.45, 2.75) is 25.3 Å². The molecule has 0 spiro atoms. The van der Waals surface area contributed by atoms with Crippen molar-refractivity contribution in [1.82, 2.24) is 20.2 Å². The summed E-state index contributed by atoms with van der Waals surface area (Å²) < 4.78 is 27.4. The maximum Gasteiger partial charge on any atom is 0.266 e. The van der Waals surface area contributed by atoms with Gasteiger partial charge in [0, 0.05) is 6.20 Å². The van der Waals surface area contributed by atoms with Crippen LogP contribution in [0.4, 0.5) is 11.5 Å². The highest BCUT2D eigenvalue weighted by Gasteiger charge is 2.22. The molecule has 0 saturated carbocycles. The fraction of sp³-hybridized carbons (Fsp3) is 0.188. The van der Waals surface area contributed by atoms with E-state index in [-0.39, 0.29) is 10.7 Å². The Bertz CT molecular complexity index is 933. The Morgan fingerprint density at radius 1 is 1.12 bits per heavy atom. The third kappa shape index (κ3) is 3.94. The molecular weight excluding hydrogens is 340 g/mol. The lowest BCUT2D eigenvalue weighted by Crippen LogP contribution is -2.15. The van der Waals surface area contributed by atoms with Gasteiger partial charge in [-0.1, -0.05) is 6.07 Å². The van der Waals surface area contributed by atoms with E-state index in [0.29, 0.717) is 17.9 Å². The predicted octanol–water partition coefficient (Wildman–Crippen LogP) is 2.23. The summed E-state index contributed by atoms with van der Waals surface area (Å²) >= 11 is 0. The largest absolute Gasteiger partial charge is 0.378 e. The van der Waals surface area contributed by atoms with Crippen molar-refractivity contribution in [2.75, 3.05) is 10.0 Å². The molecule has 130 valence electrons. The minimum Gasteiger partial charge on any atom is -0.378 e. The number of pyridine rings is 2. The third-order valence-corrected chi connectivity index (χ3v) is 5.15. The van der Waals surface area contributed by atoms with Gasteiger partial charge in [0.2, 0.25) is 0 Å². The number of anilines is 2. The number of aryl methyl sites for hydroxylation is 2. The summed E-state index contributed by atoms with van der Waals surface area (Å²) in [6.07, 6.45) is 3.29. The summed E-state index contributed by atoms with van der Waals surface area (Å²) in [5.74, 6) is 0.239. The number of nitrogens with zero attached hydrogens (tertiary/aromatic N) is 3. The van der Waals surface area contributed by atoms with Gasteiger partial charge in [0.05, 0.1) is 35.5 Å². The molecule has 3 aromatic rings. The smallest absolute Gasteiger partial charge is 0.266 e. The summed E-state index contributed by atoms with van der Waals surface area (Å²) in [7, 11) is -3.74. The van der Waals surface area contributed by atoms with Crippen LogP contribution in [0.1, 0.15) is 17.1 Å². The highest BCUT2D eigenvalue weighted by Crippen LogP contribution is 2.20. The highest BCUT2D eigenvalue weighted by atomic mass is 32.2. The first-order chi connectivity index (χ1) is 12.0. The Labute approximate surface area is 145 Å². The molecule has 9 heteroatoms. The van der Waals surface area contributed by atoms with Crippen molar-refractivity contribution in [3.63, 3.8) is 0 Å². The van der Waals surface area contributed by atoms with Gasteiger partial charge in [-0.2, -0.15) is 5.10 Å². The Kier molecular flexibility index (Phi) is 4.66. The first-order valence-electron chi connectivity index (χ1n) is 7.60. The molecule has 0 aromatic carbocycles. The molecule has 3 heterocycles. The van der Waals surface area contributed by atoms with Gasteiger partial charge >= 0.3 is 0 Å². The first kappa shape index (κ1) is 16.9. The van der Waals surface area contributed by atoms with E-state index in [4.69, 9.17) is 0 Å². The van der Waals surface area contributed by atoms with Gasteiger partial charge in [-0.3, -0.25) is 14.8 Å². The number of hydrogen-bond acceptors (Lipinski definition) is 6. The second kappa shape index (κ2) is 6.89. The van der Waals surface area contributed by atoms with Crippen LogP contribution in [-0.4, -0.2) is 28.6 Å². The second-order valence-corrected chi connectivity index (χ2v) is 7.09. The van der Waals surface area contributed by atoms with E-state index in [0.717, 1.165) is 11.4 Å². The Balaban J connectivity index is 1.68. The monoisotopic (exact) mass is 358 g/mol. The number of aromatic amines is 1. The molecule has 0 bridgehead atoms. The van der Waals surface area contributed by atoms with E-state index in [1.54, 1.807) is 38.4 Å². The minimum atomic E-state index is -3.74. The van der Waals surface area contributed by atoms with Gasteiger partial charge in [0.15, 0.2) is 0 Å².